The third kappa shape index (κ3) is 4.23. The molecule has 1 fully saturated rings. The Kier molecular flexibility index (Phi) is 5.58. The summed E-state index contributed by atoms with van der Waals surface area (Å²) in [5.74, 6) is 0.859. The number of quaternary nitrogens is 1. The Morgan fingerprint density at radius 3 is 2.73 bits per heavy atom. The monoisotopic (exact) mass is 359 g/mol. The molecule has 0 saturated carbocycles. The molecule has 26 heavy (non-hydrogen) atoms. The fourth-order valence-corrected chi connectivity index (χ4v) is 3.33. The van der Waals surface area contributed by atoms with E-state index in [2.05, 4.69) is 29.8 Å². The highest BCUT2D eigenvalue weighted by Gasteiger charge is 2.24. The van der Waals surface area contributed by atoms with Crippen LogP contribution in [0, 0.1) is 0 Å². The molecule has 0 aromatic heterocycles. The van der Waals surface area contributed by atoms with E-state index in [1.807, 2.05) is 12.1 Å². The minimum absolute atomic E-state index is 0.0353. The minimum atomic E-state index is -0.596. The average molecular weight is 359 g/mol. The summed E-state index contributed by atoms with van der Waals surface area (Å²) in [6.07, 6.45) is 0.710. The Morgan fingerprint density at radius 1 is 1.23 bits per heavy atom. The van der Waals surface area contributed by atoms with Crippen LogP contribution in [-0.2, 0) is 6.54 Å². The first-order valence-corrected chi connectivity index (χ1v) is 9.07. The van der Waals surface area contributed by atoms with Crippen molar-refractivity contribution < 1.29 is 9.22 Å². The zero-order chi connectivity index (χ0) is 18.6. The molecule has 1 heterocycles. The van der Waals surface area contributed by atoms with Crippen LogP contribution >= 0.6 is 0 Å². The lowest BCUT2D eigenvalue weighted by Crippen LogP contribution is -2.55. The lowest BCUT2D eigenvalue weighted by atomic mass is 10.1. The molecule has 7 heteroatoms. The summed E-state index contributed by atoms with van der Waals surface area (Å²) in [5, 5.41) is 6.31. The molecule has 0 spiro atoms. The van der Waals surface area contributed by atoms with Crippen molar-refractivity contribution >= 4 is 11.4 Å². The van der Waals surface area contributed by atoms with Gasteiger partial charge in [-0.3, -0.25) is 9.59 Å². The molecule has 0 bridgehead atoms. The minimum Gasteiger partial charge on any atom is -0.494 e. The standard InChI is InChI=1S/C19H26N4O3/c1-23(9-7-21-8-10-23)13-14-4-2-5-15(12-14)26-11-3-6-22-17-16(20)18(24)19(17)25/h2,4-5,12,21H,3,6-11,13H2,1H3,(H2-,20,22,24,25)/p+1. The third-order valence-corrected chi connectivity index (χ3v) is 4.96. The Hall–Kier alpha value is -2.38. The van der Waals surface area contributed by atoms with Crippen molar-refractivity contribution in [1.82, 2.24) is 5.32 Å². The maximum absolute atomic E-state index is 11.3. The van der Waals surface area contributed by atoms with Gasteiger partial charge in [0, 0.05) is 25.2 Å². The van der Waals surface area contributed by atoms with E-state index < -0.39 is 10.9 Å². The van der Waals surface area contributed by atoms with Gasteiger partial charge in [-0.25, -0.2) is 0 Å². The van der Waals surface area contributed by atoms with Gasteiger partial charge >= 0.3 is 0 Å². The van der Waals surface area contributed by atoms with Crippen LogP contribution in [0.5, 0.6) is 5.75 Å². The summed E-state index contributed by atoms with van der Waals surface area (Å²) in [7, 11) is 2.30. The summed E-state index contributed by atoms with van der Waals surface area (Å²) in [4.78, 5) is 22.3. The molecule has 4 N–H and O–H groups in total. The van der Waals surface area contributed by atoms with Crippen molar-refractivity contribution in [3.8, 4) is 5.75 Å². The first-order valence-electron chi connectivity index (χ1n) is 9.07. The molecular formula is C19H27N4O3+. The van der Waals surface area contributed by atoms with E-state index in [1.54, 1.807) is 0 Å². The van der Waals surface area contributed by atoms with E-state index in [4.69, 9.17) is 10.5 Å². The van der Waals surface area contributed by atoms with Gasteiger partial charge in [-0.05, 0) is 18.6 Å². The quantitative estimate of drug-likeness (QED) is 0.357. The summed E-state index contributed by atoms with van der Waals surface area (Å²) < 4.78 is 6.86. The van der Waals surface area contributed by atoms with E-state index >= 15 is 0 Å². The van der Waals surface area contributed by atoms with Crippen LogP contribution in [0.1, 0.15) is 12.0 Å². The molecule has 1 aliphatic heterocycles. The molecule has 0 unspecified atom stereocenters. The van der Waals surface area contributed by atoms with Crippen molar-refractivity contribution in [3.63, 3.8) is 0 Å². The highest BCUT2D eigenvalue weighted by molar-refractivity contribution is 5.71. The zero-order valence-corrected chi connectivity index (χ0v) is 15.2. The van der Waals surface area contributed by atoms with Gasteiger partial charge in [-0.15, -0.1) is 0 Å². The summed E-state index contributed by atoms with van der Waals surface area (Å²) in [6.45, 7) is 6.47. The summed E-state index contributed by atoms with van der Waals surface area (Å²) in [6, 6.07) is 8.24. The number of nitrogen functional groups attached to an aromatic ring is 1. The van der Waals surface area contributed by atoms with Crippen molar-refractivity contribution in [3.05, 3.63) is 50.3 Å². The number of hydrogen-bond donors (Lipinski definition) is 3. The Balaban J connectivity index is 1.44. The molecule has 2 aromatic carbocycles. The Bertz CT molecular complexity index is 820. The van der Waals surface area contributed by atoms with E-state index in [0.29, 0.717) is 19.6 Å². The predicted molar refractivity (Wildman–Crippen MR) is 103 cm³/mol. The fourth-order valence-electron chi connectivity index (χ4n) is 3.33. The number of nitrogens with zero attached hydrogens (tertiary/aromatic N) is 1. The second-order valence-corrected chi connectivity index (χ2v) is 7.20. The number of nitrogens with two attached hydrogens (primary N) is 1. The molecule has 1 saturated heterocycles. The molecule has 7 nitrogen and oxygen atoms in total. The van der Waals surface area contributed by atoms with Crippen LogP contribution in [0.4, 0.5) is 11.4 Å². The van der Waals surface area contributed by atoms with Crippen LogP contribution in [0.3, 0.4) is 0 Å². The molecule has 0 radical (unpaired) electrons. The number of benzene rings is 1. The van der Waals surface area contributed by atoms with Crippen LogP contribution in [0.2, 0.25) is 0 Å². The normalized spacial score (nSPS) is 16.5. The molecule has 0 amide bonds. The molecule has 0 aliphatic carbocycles. The van der Waals surface area contributed by atoms with E-state index in [1.165, 1.54) is 5.56 Å². The number of ether oxygens (including phenoxy) is 1. The maximum atomic E-state index is 11.3. The number of rotatable bonds is 8. The molecule has 3 rings (SSSR count). The Labute approximate surface area is 153 Å². The second-order valence-electron chi connectivity index (χ2n) is 7.20. The first-order chi connectivity index (χ1) is 12.5. The number of hydrogen-bond acceptors (Lipinski definition) is 6. The number of piperazine rings is 1. The topological polar surface area (TPSA) is 93.4 Å². The van der Waals surface area contributed by atoms with E-state index in [0.717, 1.165) is 43.0 Å². The van der Waals surface area contributed by atoms with Gasteiger partial charge in [0.2, 0.25) is 0 Å². The molecular weight excluding hydrogens is 332 g/mol. The van der Waals surface area contributed by atoms with Crippen LogP contribution in [-0.4, -0.2) is 50.9 Å². The van der Waals surface area contributed by atoms with Gasteiger partial charge in [0.1, 0.15) is 23.7 Å². The van der Waals surface area contributed by atoms with Gasteiger partial charge in [-0.1, -0.05) is 12.1 Å². The van der Waals surface area contributed by atoms with Crippen molar-refractivity contribution in [2.24, 2.45) is 0 Å². The second kappa shape index (κ2) is 7.88. The average Bonchev–Trinajstić information content (AvgIpc) is 2.64. The summed E-state index contributed by atoms with van der Waals surface area (Å²) in [5.41, 5.74) is 5.91. The van der Waals surface area contributed by atoms with Gasteiger partial charge in [0.25, 0.3) is 10.9 Å². The van der Waals surface area contributed by atoms with Crippen molar-refractivity contribution in [2.75, 3.05) is 57.4 Å². The van der Waals surface area contributed by atoms with Crippen LogP contribution < -0.4 is 32.0 Å². The van der Waals surface area contributed by atoms with Gasteiger partial charge in [0.05, 0.1) is 26.7 Å². The number of nitrogens with one attached hydrogen (secondary N) is 2. The van der Waals surface area contributed by atoms with Crippen LogP contribution in [0.15, 0.2) is 33.9 Å². The van der Waals surface area contributed by atoms with Gasteiger partial charge in [-0.2, -0.15) is 0 Å². The van der Waals surface area contributed by atoms with Crippen molar-refractivity contribution in [1.29, 1.82) is 0 Å². The van der Waals surface area contributed by atoms with Crippen molar-refractivity contribution in [2.45, 2.75) is 13.0 Å². The molecule has 2 aromatic rings. The lowest BCUT2D eigenvalue weighted by Gasteiger charge is -2.38. The molecule has 140 valence electrons. The van der Waals surface area contributed by atoms with Gasteiger partial charge in [0.15, 0.2) is 0 Å². The SMILES string of the molecule is C[N+]1(Cc2cccc(OCCCNc3c(N)c(=O)c3=O)c2)CCNCC1. The zero-order valence-electron chi connectivity index (χ0n) is 15.2. The molecule has 0 atom stereocenters. The number of likely N-dealkylation sites (N-methyl/N-ethyl adjacent to an activating group) is 1. The maximum Gasteiger partial charge on any atom is 0.253 e. The van der Waals surface area contributed by atoms with E-state index in [9.17, 15) is 9.59 Å². The number of anilines is 2. The largest absolute Gasteiger partial charge is 0.494 e. The predicted octanol–water partition coefficient (Wildman–Crippen LogP) is 0.296. The highest BCUT2D eigenvalue weighted by atomic mass is 16.5. The lowest BCUT2D eigenvalue weighted by molar-refractivity contribution is -0.924. The Morgan fingerprint density at radius 2 is 2.00 bits per heavy atom. The first kappa shape index (κ1) is 18.4. The van der Waals surface area contributed by atoms with Gasteiger partial charge < -0.3 is 25.6 Å². The fraction of sp³-hybridized carbons (Fsp3) is 0.474. The van der Waals surface area contributed by atoms with Crippen LogP contribution in [0.25, 0.3) is 0 Å². The summed E-state index contributed by atoms with van der Waals surface area (Å²) >= 11 is 0. The molecule has 1 aliphatic rings. The third-order valence-electron chi connectivity index (χ3n) is 4.96. The van der Waals surface area contributed by atoms with E-state index in [-0.39, 0.29) is 11.4 Å². The highest BCUT2D eigenvalue weighted by Crippen LogP contribution is 2.18. The smallest absolute Gasteiger partial charge is 0.253 e.